The summed E-state index contributed by atoms with van der Waals surface area (Å²) >= 11 is 0. The van der Waals surface area contributed by atoms with Crippen LogP contribution in [0.25, 0.3) is 0 Å². The lowest BCUT2D eigenvalue weighted by molar-refractivity contribution is -0.359. The average Bonchev–Trinajstić information content (AvgIpc) is 3.37. The molecule has 0 aromatic rings. The number of amides is 1. The fourth-order valence-corrected chi connectivity index (χ4v) is 7.67. The Balaban J connectivity index is 1.64. The largest absolute Gasteiger partial charge is 0.394 e. The molecule has 0 spiro atoms. The van der Waals surface area contributed by atoms with Crippen LogP contribution in [0.5, 0.6) is 0 Å². The summed E-state index contributed by atoms with van der Waals surface area (Å²) in [5.41, 5.74) is 0. The summed E-state index contributed by atoms with van der Waals surface area (Å²) in [5, 5.41) is 86.2. The van der Waals surface area contributed by atoms with E-state index < -0.39 is 86.8 Å². The summed E-state index contributed by atoms with van der Waals surface area (Å²) in [6.07, 6.45) is 43.0. The number of aliphatic hydroxyl groups excluding tert-OH is 8. The summed E-state index contributed by atoms with van der Waals surface area (Å²) in [5.74, 6) is -0.266. The van der Waals surface area contributed by atoms with Crippen LogP contribution >= 0.6 is 0 Å². The van der Waals surface area contributed by atoms with Crippen molar-refractivity contribution in [2.45, 2.75) is 209 Å². The van der Waals surface area contributed by atoms with Crippen molar-refractivity contribution in [1.82, 2.24) is 5.32 Å². The molecule has 12 unspecified atom stereocenters. The molecule has 2 fully saturated rings. The number of ether oxygens (including phenoxy) is 4. The van der Waals surface area contributed by atoms with Gasteiger partial charge in [0, 0.05) is 6.42 Å². The van der Waals surface area contributed by atoms with Crippen molar-refractivity contribution in [3.63, 3.8) is 0 Å². The summed E-state index contributed by atoms with van der Waals surface area (Å²) in [4.78, 5) is 13.0. The second-order valence-corrected chi connectivity index (χ2v) is 17.9. The number of hydrogen-bond donors (Lipinski definition) is 9. The molecule has 2 aliphatic rings. The molecule has 14 nitrogen and oxygen atoms in total. The van der Waals surface area contributed by atoms with E-state index >= 15 is 0 Å². The third-order valence-corrected chi connectivity index (χ3v) is 11.9. The molecule has 71 heavy (non-hydrogen) atoms. The molecule has 0 saturated carbocycles. The number of hydrogen-bond acceptors (Lipinski definition) is 13. The van der Waals surface area contributed by atoms with Crippen LogP contribution in [0.4, 0.5) is 0 Å². The number of nitrogens with one attached hydrogen (secondary N) is 1. The maximum Gasteiger partial charge on any atom is 0.220 e. The lowest BCUT2D eigenvalue weighted by atomic mass is 9.97. The number of carbonyl (C=O) groups excluding carboxylic acids is 1. The first-order valence-corrected chi connectivity index (χ1v) is 26.3. The Kier molecular flexibility index (Phi) is 37.4. The van der Waals surface area contributed by atoms with Crippen molar-refractivity contribution in [2.75, 3.05) is 19.8 Å². The molecule has 2 heterocycles. The first-order valence-electron chi connectivity index (χ1n) is 26.3. The van der Waals surface area contributed by atoms with Gasteiger partial charge in [-0.3, -0.25) is 4.79 Å². The molecular weight excluding hydrogens is 907 g/mol. The van der Waals surface area contributed by atoms with E-state index in [4.69, 9.17) is 18.9 Å². The Morgan fingerprint density at radius 2 is 0.972 bits per heavy atom. The van der Waals surface area contributed by atoms with Crippen molar-refractivity contribution < 1.29 is 64.6 Å². The van der Waals surface area contributed by atoms with E-state index in [9.17, 15) is 45.6 Å². The van der Waals surface area contributed by atoms with Gasteiger partial charge in [0.15, 0.2) is 12.6 Å². The Bertz CT molecular complexity index is 1650. The topological polar surface area (TPSA) is 228 Å². The third kappa shape index (κ3) is 28.4. The number of carbonyl (C=O) groups is 1. The zero-order valence-electron chi connectivity index (χ0n) is 42.7. The van der Waals surface area contributed by atoms with Crippen LogP contribution in [0.3, 0.4) is 0 Å². The van der Waals surface area contributed by atoms with Crippen molar-refractivity contribution in [3.05, 3.63) is 122 Å². The molecule has 2 aliphatic heterocycles. The highest BCUT2D eigenvalue weighted by atomic mass is 16.7. The Morgan fingerprint density at radius 3 is 1.44 bits per heavy atom. The molecule has 1 amide bonds. The summed E-state index contributed by atoms with van der Waals surface area (Å²) in [7, 11) is 0. The van der Waals surface area contributed by atoms with Gasteiger partial charge in [0.1, 0.15) is 48.8 Å². The molecule has 402 valence electrons. The smallest absolute Gasteiger partial charge is 0.220 e. The summed E-state index contributed by atoms with van der Waals surface area (Å²) < 4.78 is 22.5. The minimum Gasteiger partial charge on any atom is -0.394 e. The molecule has 14 heteroatoms. The molecule has 0 aromatic heterocycles. The molecular formula is C57H91NO13. The quantitative estimate of drug-likeness (QED) is 0.0216. The number of allylic oxidation sites excluding steroid dienone is 20. The number of rotatable bonds is 38. The molecule has 0 aliphatic carbocycles. The highest BCUT2D eigenvalue weighted by Gasteiger charge is 2.51. The van der Waals surface area contributed by atoms with E-state index in [1.165, 1.54) is 0 Å². The monoisotopic (exact) mass is 998 g/mol. The van der Waals surface area contributed by atoms with Crippen LogP contribution < -0.4 is 5.32 Å². The minimum atomic E-state index is -1.79. The van der Waals surface area contributed by atoms with Gasteiger partial charge in [-0.1, -0.05) is 161 Å². The molecule has 2 saturated heterocycles. The van der Waals surface area contributed by atoms with Gasteiger partial charge in [-0.15, -0.1) is 0 Å². The third-order valence-electron chi connectivity index (χ3n) is 11.9. The highest BCUT2D eigenvalue weighted by Crippen LogP contribution is 2.30. The van der Waals surface area contributed by atoms with E-state index in [2.05, 4.69) is 141 Å². The first-order chi connectivity index (χ1) is 34.6. The van der Waals surface area contributed by atoms with E-state index in [1.54, 1.807) is 0 Å². The van der Waals surface area contributed by atoms with Gasteiger partial charge >= 0.3 is 0 Å². The second-order valence-electron chi connectivity index (χ2n) is 17.9. The maximum absolute atomic E-state index is 13.0. The van der Waals surface area contributed by atoms with Gasteiger partial charge in [-0.05, 0) is 89.9 Å². The van der Waals surface area contributed by atoms with Crippen LogP contribution in [0.15, 0.2) is 122 Å². The lowest BCUT2D eigenvalue weighted by Crippen LogP contribution is -2.65. The highest BCUT2D eigenvalue weighted by molar-refractivity contribution is 5.76. The van der Waals surface area contributed by atoms with Crippen LogP contribution in [0.1, 0.15) is 136 Å². The van der Waals surface area contributed by atoms with Crippen LogP contribution in [-0.4, -0.2) is 140 Å². The van der Waals surface area contributed by atoms with Gasteiger partial charge < -0.3 is 65.1 Å². The summed E-state index contributed by atoms with van der Waals surface area (Å²) in [6, 6.07) is -0.857. The maximum atomic E-state index is 13.0. The number of unbranched alkanes of at least 4 members (excludes halogenated alkanes) is 5. The standard InChI is InChI=1S/C57H91NO13/c1-3-5-7-9-10-11-12-13-14-15-16-17-18-19-20-21-22-23-24-25-26-27-28-29-30-31-32-33-34-35-36-37-39-41-49(62)58-45(46(61)40-38-8-6-4-2)44-68-56-54(67)52(65)55(48(43-60)70-56)71-57-53(66)51(64)50(63)47(42-59)69-57/h5,7,10-11,13-14,16-17,19-20,22-23,25-26,28-29,31-32,34-35,45-48,50-57,59-61,63-67H,3-4,6,8-9,12,15,18,21,24,27,30,33,36-44H2,1-2H3,(H,58,62)/b7-5-,11-10-,14-13-,17-16-,20-19-,23-22-,26-25-,29-28-,32-31-,35-34-. The molecule has 0 bridgehead atoms. The van der Waals surface area contributed by atoms with Crippen molar-refractivity contribution >= 4 is 5.91 Å². The van der Waals surface area contributed by atoms with Gasteiger partial charge in [-0.2, -0.15) is 0 Å². The van der Waals surface area contributed by atoms with E-state index in [0.717, 1.165) is 103 Å². The van der Waals surface area contributed by atoms with E-state index in [0.29, 0.717) is 12.8 Å². The van der Waals surface area contributed by atoms with Gasteiger partial charge in [0.05, 0.1) is 32.0 Å². The Labute approximate surface area is 425 Å². The minimum absolute atomic E-state index is 0.238. The van der Waals surface area contributed by atoms with Gasteiger partial charge in [0.25, 0.3) is 0 Å². The van der Waals surface area contributed by atoms with Gasteiger partial charge in [0.2, 0.25) is 5.91 Å². The summed E-state index contributed by atoms with van der Waals surface area (Å²) in [6.45, 7) is 2.53. The molecule has 0 aromatic carbocycles. The van der Waals surface area contributed by atoms with Crippen LogP contribution in [-0.2, 0) is 23.7 Å². The van der Waals surface area contributed by atoms with Crippen molar-refractivity contribution in [2.24, 2.45) is 0 Å². The van der Waals surface area contributed by atoms with Crippen LogP contribution in [0, 0.1) is 0 Å². The fraction of sp³-hybridized carbons (Fsp3) is 0.632. The van der Waals surface area contributed by atoms with Crippen molar-refractivity contribution in [3.8, 4) is 0 Å². The fourth-order valence-electron chi connectivity index (χ4n) is 7.67. The Hall–Kier alpha value is -3.61. The molecule has 2 rings (SSSR count). The normalized spacial score (nSPS) is 26.8. The second kappa shape index (κ2) is 41.8. The SMILES string of the molecule is CC/C=C\C/C=C\C/C=C\C/C=C\C/C=C\C/C=C\C/C=C\C/C=C\C/C=C\C/C=C\CCCCC(=O)NC(COC1OC(CO)C(OC2OC(CO)C(O)C(O)C2O)C(O)C1O)C(O)CCCCCC. The van der Waals surface area contributed by atoms with Crippen LogP contribution in [0.2, 0.25) is 0 Å². The Morgan fingerprint density at radius 1 is 0.521 bits per heavy atom. The zero-order valence-corrected chi connectivity index (χ0v) is 42.7. The first kappa shape index (κ1) is 63.5. The number of aliphatic hydroxyl groups is 8. The molecule has 9 N–H and O–H groups in total. The molecule has 0 radical (unpaired) electrons. The average molecular weight is 998 g/mol. The predicted octanol–water partition coefficient (Wildman–Crippen LogP) is 7.49. The lowest BCUT2D eigenvalue weighted by Gasteiger charge is -2.46. The predicted molar refractivity (Wildman–Crippen MR) is 281 cm³/mol. The van der Waals surface area contributed by atoms with Gasteiger partial charge in [-0.25, -0.2) is 0 Å². The van der Waals surface area contributed by atoms with E-state index in [1.807, 2.05) is 0 Å². The van der Waals surface area contributed by atoms with E-state index in [-0.39, 0.29) is 18.9 Å². The zero-order chi connectivity index (χ0) is 51.7. The molecule has 12 atom stereocenters. The van der Waals surface area contributed by atoms with Crippen molar-refractivity contribution in [1.29, 1.82) is 0 Å².